The number of amides is 4. The maximum absolute atomic E-state index is 12.3. The van der Waals surface area contributed by atoms with Crippen LogP contribution in [0.4, 0.5) is 5.69 Å². The van der Waals surface area contributed by atoms with E-state index in [-0.39, 0.29) is 30.2 Å². The van der Waals surface area contributed by atoms with Crippen LogP contribution in [0.15, 0.2) is 24.3 Å². The third-order valence-corrected chi connectivity index (χ3v) is 5.48. The van der Waals surface area contributed by atoms with E-state index in [1.54, 1.807) is 24.3 Å². The van der Waals surface area contributed by atoms with Gasteiger partial charge in [0.25, 0.3) is 5.91 Å². The molecule has 0 saturated carbocycles. The average Bonchev–Trinajstić information content (AvgIpc) is 2.74. The lowest BCUT2D eigenvalue weighted by molar-refractivity contribution is -0.135. The van der Waals surface area contributed by atoms with E-state index in [9.17, 15) is 19.2 Å². The number of hydrogen-bond acceptors (Lipinski definition) is 6. The van der Waals surface area contributed by atoms with Crippen LogP contribution in [0.1, 0.15) is 48.9 Å². The topological polar surface area (TPSA) is 134 Å². The molecule has 2 fully saturated rings. The molecule has 5 N–H and O–H groups in total. The van der Waals surface area contributed by atoms with Crippen LogP contribution in [0.3, 0.4) is 0 Å². The van der Waals surface area contributed by atoms with E-state index in [1.165, 1.54) is 0 Å². The van der Waals surface area contributed by atoms with Crippen LogP contribution in [0, 0.1) is 0 Å². The number of nitrogens with one attached hydrogen (secondary N) is 3. The van der Waals surface area contributed by atoms with Crippen molar-refractivity contribution in [2.45, 2.75) is 50.6 Å². The molecule has 0 aromatic heterocycles. The highest BCUT2D eigenvalue weighted by Crippen LogP contribution is 2.13. The molecule has 9 nitrogen and oxygen atoms in total. The molecule has 2 saturated heterocycles. The van der Waals surface area contributed by atoms with Crippen molar-refractivity contribution in [2.24, 2.45) is 5.73 Å². The van der Waals surface area contributed by atoms with Gasteiger partial charge in [0.05, 0.1) is 0 Å². The smallest absolute Gasteiger partial charge is 0.251 e. The Morgan fingerprint density at radius 2 is 1.80 bits per heavy atom. The lowest BCUT2D eigenvalue weighted by Gasteiger charge is -2.30. The zero-order valence-corrected chi connectivity index (χ0v) is 17.0. The predicted octanol–water partition coefficient (Wildman–Crippen LogP) is 0.363. The second-order valence-corrected chi connectivity index (χ2v) is 7.80. The minimum Gasteiger partial charge on any atom is -0.385 e. The first kappa shape index (κ1) is 21.8. The van der Waals surface area contributed by atoms with Crippen molar-refractivity contribution in [3.8, 4) is 0 Å². The van der Waals surface area contributed by atoms with Crippen molar-refractivity contribution in [1.82, 2.24) is 15.5 Å². The van der Waals surface area contributed by atoms with Crippen LogP contribution in [-0.2, 0) is 14.4 Å². The first-order valence-corrected chi connectivity index (χ1v) is 10.4. The van der Waals surface area contributed by atoms with Crippen LogP contribution in [0.5, 0.6) is 0 Å². The third-order valence-electron chi connectivity index (χ3n) is 5.48. The quantitative estimate of drug-likeness (QED) is 0.375. The number of benzene rings is 1. The van der Waals surface area contributed by atoms with E-state index in [2.05, 4.69) is 16.0 Å². The number of likely N-dealkylation sites (tertiary alicyclic amines) is 1. The standard InChI is InChI=1S/C21H29N5O4/c22-15-9-12-26(13-10-15)19(28)2-1-11-23-16-5-3-14(4-6-16)20(29)24-17-7-8-18(27)25-21(17)30/h3-6,15,17,23H,1-2,7-13,22H2,(H,24,29)(H,25,27,30). The Labute approximate surface area is 175 Å². The summed E-state index contributed by atoms with van der Waals surface area (Å²) in [6.45, 7) is 2.15. The van der Waals surface area contributed by atoms with Gasteiger partial charge in [-0.05, 0) is 49.9 Å². The number of piperidine rings is 2. The maximum atomic E-state index is 12.3. The number of hydrogen-bond donors (Lipinski definition) is 4. The van der Waals surface area contributed by atoms with Gasteiger partial charge in [-0.15, -0.1) is 0 Å². The van der Waals surface area contributed by atoms with E-state index in [1.807, 2.05) is 4.90 Å². The molecule has 3 rings (SSSR count). The highest BCUT2D eigenvalue weighted by molar-refractivity contribution is 6.03. The fourth-order valence-corrected chi connectivity index (χ4v) is 3.59. The van der Waals surface area contributed by atoms with E-state index in [4.69, 9.17) is 5.73 Å². The molecule has 1 aromatic rings. The highest BCUT2D eigenvalue weighted by Gasteiger charge is 2.28. The second kappa shape index (κ2) is 10.2. The van der Waals surface area contributed by atoms with Crippen LogP contribution >= 0.6 is 0 Å². The average molecular weight is 415 g/mol. The van der Waals surface area contributed by atoms with Crippen molar-refractivity contribution < 1.29 is 19.2 Å². The lowest BCUT2D eigenvalue weighted by Crippen LogP contribution is -2.52. The Morgan fingerprint density at radius 1 is 1.10 bits per heavy atom. The molecule has 2 aliphatic rings. The van der Waals surface area contributed by atoms with Crippen molar-refractivity contribution in [3.05, 3.63) is 29.8 Å². The Kier molecular flexibility index (Phi) is 7.40. The molecule has 9 heteroatoms. The number of rotatable bonds is 7. The third kappa shape index (κ3) is 6.03. The minimum atomic E-state index is -0.693. The van der Waals surface area contributed by atoms with Gasteiger partial charge < -0.3 is 21.3 Å². The molecule has 1 atom stereocenters. The fourth-order valence-electron chi connectivity index (χ4n) is 3.59. The molecule has 1 unspecified atom stereocenters. The number of carbonyl (C=O) groups excluding carboxylic acids is 4. The van der Waals surface area contributed by atoms with Crippen molar-refractivity contribution in [1.29, 1.82) is 0 Å². The summed E-state index contributed by atoms with van der Waals surface area (Å²) in [6, 6.07) is 6.43. The SMILES string of the molecule is NC1CCN(C(=O)CCCNc2ccc(C(=O)NC3CCC(=O)NC3=O)cc2)CC1. The predicted molar refractivity (Wildman–Crippen MR) is 112 cm³/mol. The Bertz CT molecular complexity index is 787. The van der Waals surface area contributed by atoms with Gasteiger partial charge in [0.1, 0.15) is 6.04 Å². The van der Waals surface area contributed by atoms with Crippen LogP contribution < -0.4 is 21.7 Å². The molecule has 0 spiro atoms. The molecule has 4 amide bonds. The Morgan fingerprint density at radius 3 is 2.47 bits per heavy atom. The van der Waals surface area contributed by atoms with Gasteiger partial charge in [-0.1, -0.05) is 0 Å². The van der Waals surface area contributed by atoms with Gasteiger partial charge in [-0.3, -0.25) is 24.5 Å². The number of nitrogens with two attached hydrogens (primary N) is 1. The molecule has 162 valence electrons. The van der Waals surface area contributed by atoms with Gasteiger partial charge in [0.15, 0.2) is 0 Å². The molecule has 0 bridgehead atoms. The molecule has 2 aliphatic heterocycles. The summed E-state index contributed by atoms with van der Waals surface area (Å²) in [5, 5.41) is 8.11. The molecule has 1 aromatic carbocycles. The number of carbonyl (C=O) groups is 4. The summed E-state index contributed by atoms with van der Waals surface area (Å²) in [7, 11) is 0. The molecule has 30 heavy (non-hydrogen) atoms. The first-order valence-electron chi connectivity index (χ1n) is 10.4. The molecule has 2 heterocycles. The van der Waals surface area contributed by atoms with Gasteiger partial charge in [-0.25, -0.2) is 0 Å². The highest BCUT2D eigenvalue weighted by atomic mass is 16.2. The minimum absolute atomic E-state index is 0.171. The number of imide groups is 1. The van der Waals surface area contributed by atoms with E-state index in [0.29, 0.717) is 24.9 Å². The van der Waals surface area contributed by atoms with Crippen molar-refractivity contribution >= 4 is 29.3 Å². The van der Waals surface area contributed by atoms with Gasteiger partial charge in [0, 0.05) is 49.8 Å². The van der Waals surface area contributed by atoms with Crippen molar-refractivity contribution in [3.63, 3.8) is 0 Å². The number of anilines is 1. The normalized spacial score (nSPS) is 19.9. The van der Waals surface area contributed by atoms with E-state index >= 15 is 0 Å². The van der Waals surface area contributed by atoms with E-state index in [0.717, 1.165) is 38.0 Å². The first-order chi connectivity index (χ1) is 14.4. The monoisotopic (exact) mass is 415 g/mol. The lowest BCUT2D eigenvalue weighted by atomic mass is 10.1. The summed E-state index contributed by atoms with van der Waals surface area (Å²) in [5.74, 6) is -0.977. The summed E-state index contributed by atoms with van der Waals surface area (Å²) < 4.78 is 0. The van der Waals surface area contributed by atoms with Gasteiger partial charge in [0.2, 0.25) is 17.7 Å². The Hall–Kier alpha value is -2.94. The van der Waals surface area contributed by atoms with Crippen LogP contribution in [0.25, 0.3) is 0 Å². The summed E-state index contributed by atoms with van der Waals surface area (Å²) in [5.41, 5.74) is 7.15. The zero-order valence-electron chi connectivity index (χ0n) is 17.0. The molecular formula is C21H29N5O4. The molecule has 0 aliphatic carbocycles. The molecule has 0 radical (unpaired) electrons. The van der Waals surface area contributed by atoms with Gasteiger partial charge >= 0.3 is 0 Å². The van der Waals surface area contributed by atoms with Crippen LogP contribution in [-0.4, -0.2) is 60.2 Å². The Balaban J connectivity index is 1.38. The molecular weight excluding hydrogens is 386 g/mol. The summed E-state index contributed by atoms with van der Waals surface area (Å²) in [4.78, 5) is 49.3. The maximum Gasteiger partial charge on any atom is 0.251 e. The second-order valence-electron chi connectivity index (χ2n) is 7.80. The summed E-state index contributed by atoms with van der Waals surface area (Å²) >= 11 is 0. The van der Waals surface area contributed by atoms with Crippen molar-refractivity contribution in [2.75, 3.05) is 25.0 Å². The largest absolute Gasteiger partial charge is 0.385 e. The fraction of sp³-hybridized carbons (Fsp3) is 0.524. The van der Waals surface area contributed by atoms with Gasteiger partial charge in [-0.2, -0.15) is 0 Å². The zero-order chi connectivity index (χ0) is 21.5. The van der Waals surface area contributed by atoms with Crippen LogP contribution in [0.2, 0.25) is 0 Å². The summed E-state index contributed by atoms with van der Waals surface area (Å²) in [6.07, 6.45) is 3.47. The van der Waals surface area contributed by atoms with E-state index < -0.39 is 11.9 Å². The number of nitrogens with zero attached hydrogens (tertiary/aromatic N) is 1.